The van der Waals surface area contributed by atoms with E-state index < -0.39 is 5.97 Å². The van der Waals surface area contributed by atoms with Gasteiger partial charge in [0.05, 0.1) is 0 Å². The molecule has 0 aromatic heterocycles. The van der Waals surface area contributed by atoms with Crippen molar-refractivity contribution in [3.05, 3.63) is 29.3 Å². The van der Waals surface area contributed by atoms with Gasteiger partial charge in [0.25, 0.3) is 0 Å². The van der Waals surface area contributed by atoms with Crippen LogP contribution in [0.3, 0.4) is 0 Å². The van der Waals surface area contributed by atoms with Crippen LogP contribution in [-0.2, 0) is 17.8 Å². The molecule has 2 N–H and O–H groups in total. The average Bonchev–Trinajstić information content (AvgIpc) is 2.38. The maximum atomic E-state index is 10.4. The van der Waals surface area contributed by atoms with Crippen LogP contribution in [0.2, 0.25) is 0 Å². The Morgan fingerprint density at radius 1 is 1.44 bits per heavy atom. The minimum Gasteiger partial charge on any atom is -0.481 e. The number of hydrogen-bond acceptors (Lipinski definition) is 3. The van der Waals surface area contributed by atoms with Crippen LogP contribution in [-0.4, -0.2) is 23.4 Å². The summed E-state index contributed by atoms with van der Waals surface area (Å²) in [6, 6.07) is 6.67. The average molecular weight is 265 g/mol. The third-order valence-electron chi connectivity index (χ3n) is 3.05. The van der Waals surface area contributed by atoms with E-state index in [0.29, 0.717) is 6.42 Å². The van der Waals surface area contributed by atoms with E-state index in [0.717, 1.165) is 13.1 Å². The normalized spacial score (nSPS) is 14.2. The fraction of sp³-hybridized carbons (Fsp3) is 0.500. The van der Waals surface area contributed by atoms with Crippen molar-refractivity contribution in [1.29, 1.82) is 0 Å². The van der Waals surface area contributed by atoms with Crippen molar-refractivity contribution >= 4 is 17.7 Å². The molecule has 0 amide bonds. The first-order chi connectivity index (χ1) is 8.75. The number of aliphatic carboxylic acids is 1. The Balaban J connectivity index is 1.77. The summed E-state index contributed by atoms with van der Waals surface area (Å²) in [5.41, 5.74) is 2.77. The summed E-state index contributed by atoms with van der Waals surface area (Å²) in [5.74, 6) is 0.516. The maximum Gasteiger partial charge on any atom is 0.303 e. The van der Waals surface area contributed by atoms with Gasteiger partial charge in [-0.3, -0.25) is 4.79 Å². The predicted molar refractivity (Wildman–Crippen MR) is 74.1 cm³/mol. The minimum atomic E-state index is -0.720. The number of carboxylic acid groups (broad SMARTS) is 1. The summed E-state index contributed by atoms with van der Waals surface area (Å²) in [6.07, 6.45) is 3.40. The van der Waals surface area contributed by atoms with Crippen LogP contribution in [0.25, 0.3) is 0 Å². The molecule has 0 radical (unpaired) electrons. The molecule has 1 aliphatic rings. The molecule has 2 rings (SSSR count). The van der Waals surface area contributed by atoms with Crippen LogP contribution in [0.1, 0.15) is 30.4 Å². The SMILES string of the molecule is O=C(O)CCCNCc1ccc2c(c1)CCCS2. The van der Waals surface area contributed by atoms with Crippen molar-refractivity contribution in [2.75, 3.05) is 12.3 Å². The monoisotopic (exact) mass is 265 g/mol. The summed E-state index contributed by atoms with van der Waals surface area (Å²) < 4.78 is 0. The number of thioether (sulfide) groups is 1. The predicted octanol–water partition coefficient (Wildman–Crippen LogP) is 2.68. The summed E-state index contributed by atoms with van der Waals surface area (Å²) in [6.45, 7) is 1.59. The van der Waals surface area contributed by atoms with E-state index >= 15 is 0 Å². The van der Waals surface area contributed by atoms with E-state index in [1.165, 1.54) is 34.6 Å². The Hall–Kier alpha value is -1.00. The quantitative estimate of drug-likeness (QED) is 0.776. The number of benzene rings is 1. The van der Waals surface area contributed by atoms with Crippen molar-refractivity contribution in [1.82, 2.24) is 5.32 Å². The van der Waals surface area contributed by atoms with Crippen molar-refractivity contribution < 1.29 is 9.90 Å². The van der Waals surface area contributed by atoms with Crippen LogP contribution >= 0.6 is 11.8 Å². The molecule has 0 aliphatic carbocycles. The van der Waals surface area contributed by atoms with E-state index in [2.05, 4.69) is 23.5 Å². The number of fused-ring (bicyclic) bond motifs is 1. The zero-order chi connectivity index (χ0) is 12.8. The van der Waals surface area contributed by atoms with Crippen molar-refractivity contribution in [2.24, 2.45) is 0 Å². The van der Waals surface area contributed by atoms with Crippen LogP contribution < -0.4 is 5.32 Å². The van der Waals surface area contributed by atoms with E-state index in [4.69, 9.17) is 5.11 Å². The highest BCUT2D eigenvalue weighted by Crippen LogP contribution is 2.30. The lowest BCUT2D eigenvalue weighted by Crippen LogP contribution is -2.16. The van der Waals surface area contributed by atoms with Gasteiger partial charge in [-0.05, 0) is 48.8 Å². The molecule has 0 saturated carbocycles. The number of carboxylic acids is 1. The first-order valence-corrected chi connectivity index (χ1v) is 7.41. The van der Waals surface area contributed by atoms with E-state index in [1.54, 1.807) is 0 Å². The molecule has 0 fully saturated rings. The summed E-state index contributed by atoms with van der Waals surface area (Å²) in [7, 11) is 0. The highest BCUT2D eigenvalue weighted by atomic mass is 32.2. The molecule has 1 heterocycles. The van der Waals surface area contributed by atoms with E-state index in [1.807, 2.05) is 11.8 Å². The molecule has 4 heteroatoms. The van der Waals surface area contributed by atoms with Gasteiger partial charge in [-0.25, -0.2) is 0 Å². The summed E-state index contributed by atoms with van der Waals surface area (Å²) in [4.78, 5) is 11.8. The van der Waals surface area contributed by atoms with E-state index in [9.17, 15) is 4.79 Å². The first-order valence-electron chi connectivity index (χ1n) is 6.43. The molecule has 3 nitrogen and oxygen atoms in total. The van der Waals surface area contributed by atoms with Gasteiger partial charge in [0.15, 0.2) is 0 Å². The van der Waals surface area contributed by atoms with Gasteiger partial charge in [-0.2, -0.15) is 0 Å². The largest absolute Gasteiger partial charge is 0.481 e. The van der Waals surface area contributed by atoms with Gasteiger partial charge >= 0.3 is 5.97 Å². The molecule has 0 atom stereocenters. The summed E-state index contributed by atoms with van der Waals surface area (Å²) in [5, 5.41) is 11.8. The zero-order valence-corrected chi connectivity index (χ0v) is 11.3. The van der Waals surface area contributed by atoms with Crippen LogP contribution in [0.15, 0.2) is 23.1 Å². The second kappa shape index (κ2) is 6.81. The molecule has 1 aliphatic heterocycles. The smallest absolute Gasteiger partial charge is 0.303 e. The van der Waals surface area contributed by atoms with Crippen LogP contribution in [0.4, 0.5) is 0 Å². The third kappa shape index (κ3) is 4.03. The van der Waals surface area contributed by atoms with Gasteiger partial charge in [-0.1, -0.05) is 12.1 Å². The Labute approximate surface area is 112 Å². The van der Waals surface area contributed by atoms with Gasteiger partial charge in [-0.15, -0.1) is 11.8 Å². The second-order valence-corrected chi connectivity index (χ2v) is 5.70. The first kappa shape index (κ1) is 13.4. The van der Waals surface area contributed by atoms with Gasteiger partial charge < -0.3 is 10.4 Å². The zero-order valence-electron chi connectivity index (χ0n) is 10.4. The van der Waals surface area contributed by atoms with Crippen LogP contribution in [0.5, 0.6) is 0 Å². The lowest BCUT2D eigenvalue weighted by Gasteiger charge is -2.16. The lowest BCUT2D eigenvalue weighted by atomic mass is 10.1. The molecule has 0 saturated heterocycles. The van der Waals surface area contributed by atoms with Crippen molar-refractivity contribution in [3.63, 3.8) is 0 Å². The number of aryl methyl sites for hydroxylation is 1. The molecule has 1 aromatic rings. The molecule has 0 spiro atoms. The fourth-order valence-corrected chi connectivity index (χ4v) is 3.14. The molecule has 1 aromatic carbocycles. The number of hydrogen-bond donors (Lipinski definition) is 2. The topological polar surface area (TPSA) is 49.3 Å². The van der Waals surface area contributed by atoms with Crippen LogP contribution in [0, 0.1) is 0 Å². The van der Waals surface area contributed by atoms with E-state index in [-0.39, 0.29) is 6.42 Å². The Morgan fingerprint density at radius 3 is 3.17 bits per heavy atom. The minimum absolute atomic E-state index is 0.244. The third-order valence-corrected chi connectivity index (χ3v) is 4.25. The molecule has 18 heavy (non-hydrogen) atoms. The highest BCUT2D eigenvalue weighted by molar-refractivity contribution is 7.99. The van der Waals surface area contributed by atoms with Gasteiger partial charge in [0.1, 0.15) is 0 Å². The molecule has 0 bridgehead atoms. The van der Waals surface area contributed by atoms with Crippen molar-refractivity contribution in [3.8, 4) is 0 Å². The highest BCUT2D eigenvalue weighted by Gasteiger charge is 2.09. The lowest BCUT2D eigenvalue weighted by molar-refractivity contribution is -0.137. The maximum absolute atomic E-state index is 10.4. The molecular weight excluding hydrogens is 246 g/mol. The Bertz CT molecular complexity index is 420. The number of nitrogens with one attached hydrogen (secondary N) is 1. The molecule has 98 valence electrons. The standard InChI is InChI=1S/C14H19NO2S/c16-14(17)4-1-7-15-10-11-5-6-13-12(9-11)3-2-8-18-13/h5-6,9,15H,1-4,7-8,10H2,(H,16,17). The second-order valence-electron chi connectivity index (χ2n) is 4.57. The van der Waals surface area contributed by atoms with Gasteiger partial charge in [0.2, 0.25) is 0 Å². The molecule has 0 unspecified atom stereocenters. The fourth-order valence-electron chi connectivity index (χ4n) is 2.12. The summed E-state index contributed by atoms with van der Waals surface area (Å²) >= 11 is 1.95. The van der Waals surface area contributed by atoms with Gasteiger partial charge in [0, 0.05) is 17.9 Å². The van der Waals surface area contributed by atoms with Crippen molar-refractivity contribution in [2.45, 2.75) is 37.1 Å². The molecular formula is C14H19NO2S. The Morgan fingerprint density at radius 2 is 2.33 bits per heavy atom. The number of carbonyl (C=O) groups is 1. The Kier molecular flexibility index (Phi) is 5.08. The number of rotatable bonds is 6.